The van der Waals surface area contributed by atoms with Crippen LogP contribution in [0.5, 0.6) is 0 Å². The first kappa shape index (κ1) is 15.0. The predicted octanol–water partition coefficient (Wildman–Crippen LogP) is 4.08. The van der Waals surface area contributed by atoms with Gasteiger partial charge in [-0.2, -0.15) is 0 Å². The number of hydrogen-bond acceptors (Lipinski definition) is 1. The van der Waals surface area contributed by atoms with Crippen molar-refractivity contribution in [3.63, 3.8) is 0 Å². The van der Waals surface area contributed by atoms with E-state index in [4.69, 9.17) is 0 Å². The number of allylic oxidation sites excluding steroid dienone is 1. The molecule has 17 heavy (non-hydrogen) atoms. The summed E-state index contributed by atoms with van der Waals surface area (Å²) >= 11 is 0. The van der Waals surface area contributed by atoms with Crippen LogP contribution in [0, 0.1) is 0 Å². The summed E-state index contributed by atoms with van der Waals surface area (Å²) in [6, 6.07) is 0. The molecule has 1 fully saturated rings. The summed E-state index contributed by atoms with van der Waals surface area (Å²) in [6.45, 7) is 11.2. The third-order valence-corrected chi connectivity index (χ3v) is 6.11. The van der Waals surface area contributed by atoms with E-state index >= 15 is 0 Å². The van der Waals surface area contributed by atoms with Crippen molar-refractivity contribution in [1.82, 2.24) is 4.90 Å². The van der Waals surface area contributed by atoms with E-state index in [0.29, 0.717) is 0 Å². The molecular weight excluding hydrogens is 222 g/mol. The SMILES string of the molecule is CC=CC(CN1CCCCCCCC1)[SiH](C)C. The van der Waals surface area contributed by atoms with Crippen LogP contribution in [0.15, 0.2) is 12.2 Å². The highest BCUT2D eigenvalue weighted by Crippen LogP contribution is 2.18. The van der Waals surface area contributed by atoms with E-state index in [2.05, 4.69) is 37.1 Å². The Labute approximate surface area is 110 Å². The van der Waals surface area contributed by atoms with E-state index in [1.165, 1.54) is 58.2 Å². The summed E-state index contributed by atoms with van der Waals surface area (Å²) in [5, 5.41) is 0. The van der Waals surface area contributed by atoms with Crippen molar-refractivity contribution in [2.24, 2.45) is 0 Å². The van der Waals surface area contributed by atoms with Crippen LogP contribution < -0.4 is 0 Å². The Morgan fingerprint density at radius 3 is 2.00 bits per heavy atom. The second-order valence-electron chi connectivity index (χ2n) is 5.86. The van der Waals surface area contributed by atoms with Crippen molar-refractivity contribution < 1.29 is 0 Å². The van der Waals surface area contributed by atoms with Crippen LogP contribution in [-0.2, 0) is 0 Å². The van der Waals surface area contributed by atoms with Gasteiger partial charge < -0.3 is 4.90 Å². The van der Waals surface area contributed by atoms with Gasteiger partial charge in [-0.25, -0.2) is 0 Å². The van der Waals surface area contributed by atoms with Gasteiger partial charge in [0.25, 0.3) is 0 Å². The Balaban J connectivity index is 2.44. The predicted molar refractivity (Wildman–Crippen MR) is 81.6 cm³/mol. The molecule has 1 unspecified atom stereocenters. The van der Waals surface area contributed by atoms with Crippen LogP contribution >= 0.6 is 0 Å². The molecule has 1 heterocycles. The molecule has 0 N–H and O–H groups in total. The van der Waals surface area contributed by atoms with Gasteiger partial charge in [0.15, 0.2) is 0 Å². The molecule has 0 bridgehead atoms. The first-order valence-corrected chi connectivity index (χ1v) is 10.6. The molecule has 0 radical (unpaired) electrons. The van der Waals surface area contributed by atoms with E-state index in [-0.39, 0.29) is 0 Å². The lowest BCUT2D eigenvalue weighted by Gasteiger charge is -2.27. The smallest absolute Gasteiger partial charge is 0.0396 e. The Kier molecular flexibility index (Phi) is 7.87. The minimum Gasteiger partial charge on any atom is -0.303 e. The van der Waals surface area contributed by atoms with Gasteiger partial charge >= 0.3 is 0 Å². The fraction of sp³-hybridized carbons (Fsp3) is 0.867. The molecule has 0 saturated carbocycles. The summed E-state index contributed by atoms with van der Waals surface area (Å²) in [7, 11) is -0.540. The molecule has 1 nitrogen and oxygen atoms in total. The van der Waals surface area contributed by atoms with Crippen LogP contribution in [0.4, 0.5) is 0 Å². The molecule has 0 aliphatic carbocycles. The average molecular weight is 254 g/mol. The van der Waals surface area contributed by atoms with Crippen LogP contribution in [-0.4, -0.2) is 33.3 Å². The van der Waals surface area contributed by atoms with Crippen molar-refractivity contribution in [1.29, 1.82) is 0 Å². The topological polar surface area (TPSA) is 3.24 Å². The van der Waals surface area contributed by atoms with E-state index < -0.39 is 8.80 Å². The highest BCUT2D eigenvalue weighted by Gasteiger charge is 2.16. The Hall–Kier alpha value is -0.0831. The second kappa shape index (κ2) is 8.93. The summed E-state index contributed by atoms with van der Waals surface area (Å²) in [5.41, 5.74) is 0.876. The summed E-state index contributed by atoms with van der Waals surface area (Å²) in [5.74, 6) is 0. The minimum atomic E-state index is -0.540. The van der Waals surface area contributed by atoms with Gasteiger partial charge in [-0.3, -0.25) is 0 Å². The zero-order valence-electron chi connectivity index (χ0n) is 12.1. The zero-order valence-corrected chi connectivity index (χ0v) is 13.3. The molecule has 1 saturated heterocycles. The van der Waals surface area contributed by atoms with Crippen molar-refractivity contribution in [3.05, 3.63) is 12.2 Å². The third kappa shape index (κ3) is 6.42. The maximum absolute atomic E-state index is 2.74. The molecule has 0 aromatic heterocycles. The fourth-order valence-corrected chi connectivity index (χ4v) is 4.10. The molecule has 100 valence electrons. The number of nitrogens with zero attached hydrogens (tertiary/aromatic N) is 1. The van der Waals surface area contributed by atoms with Crippen LogP contribution in [0.2, 0.25) is 18.6 Å². The molecule has 0 aromatic carbocycles. The van der Waals surface area contributed by atoms with Gasteiger partial charge in [0.05, 0.1) is 0 Å². The highest BCUT2D eigenvalue weighted by atomic mass is 28.3. The maximum Gasteiger partial charge on any atom is 0.0396 e. The zero-order chi connectivity index (χ0) is 12.5. The largest absolute Gasteiger partial charge is 0.303 e. The van der Waals surface area contributed by atoms with Crippen LogP contribution in [0.1, 0.15) is 45.4 Å². The molecule has 1 atom stereocenters. The normalized spacial score (nSPS) is 22.4. The van der Waals surface area contributed by atoms with E-state index in [1.54, 1.807) is 0 Å². The molecule has 1 aliphatic heterocycles. The standard InChI is InChI=1S/C15H31NSi/c1-4-11-15(17(2)3)14-16-12-9-7-5-6-8-10-13-16/h4,11,15,17H,5-10,12-14H2,1-3H3. The molecule has 0 spiro atoms. The van der Waals surface area contributed by atoms with E-state index in [9.17, 15) is 0 Å². The van der Waals surface area contributed by atoms with Crippen LogP contribution in [0.3, 0.4) is 0 Å². The Bertz CT molecular complexity index is 203. The Morgan fingerprint density at radius 2 is 1.53 bits per heavy atom. The average Bonchev–Trinajstić information content (AvgIpc) is 2.42. The van der Waals surface area contributed by atoms with Gasteiger partial charge in [0, 0.05) is 15.3 Å². The monoisotopic (exact) mass is 253 g/mol. The van der Waals surface area contributed by atoms with E-state index in [0.717, 1.165) is 5.54 Å². The molecule has 2 heteroatoms. The first-order valence-electron chi connectivity index (χ1n) is 7.59. The lowest BCUT2D eigenvalue weighted by molar-refractivity contribution is 0.273. The van der Waals surface area contributed by atoms with Gasteiger partial charge in [-0.05, 0) is 38.4 Å². The minimum absolute atomic E-state index is 0.540. The fourth-order valence-electron chi connectivity index (χ4n) is 2.71. The molecular formula is C15H31NSi. The first-order chi connectivity index (χ1) is 8.24. The summed E-state index contributed by atoms with van der Waals surface area (Å²) < 4.78 is 0. The number of rotatable bonds is 4. The summed E-state index contributed by atoms with van der Waals surface area (Å²) in [6.07, 6.45) is 13.4. The molecule has 0 aromatic rings. The van der Waals surface area contributed by atoms with Crippen molar-refractivity contribution in [2.75, 3.05) is 19.6 Å². The van der Waals surface area contributed by atoms with Gasteiger partial charge in [-0.1, -0.05) is 50.9 Å². The third-order valence-electron chi connectivity index (χ3n) is 3.96. The summed E-state index contributed by atoms with van der Waals surface area (Å²) in [4.78, 5) is 2.74. The lowest BCUT2D eigenvalue weighted by Crippen LogP contribution is -2.32. The Morgan fingerprint density at radius 1 is 1.00 bits per heavy atom. The van der Waals surface area contributed by atoms with Gasteiger partial charge in [-0.15, -0.1) is 0 Å². The second-order valence-corrected chi connectivity index (χ2v) is 9.20. The molecule has 1 aliphatic rings. The van der Waals surface area contributed by atoms with Gasteiger partial charge in [0.1, 0.15) is 0 Å². The molecule has 0 amide bonds. The van der Waals surface area contributed by atoms with Gasteiger partial charge in [0.2, 0.25) is 0 Å². The van der Waals surface area contributed by atoms with Crippen molar-refractivity contribution >= 4 is 8.80 Å². The van der Waals surface area contributed by atoms with Crippen LogP contribution in [0.25, 0.3) is 0 Å². The van der Waals surface area contributed by atoms with E-state index in [1.807, 2.05) is 0 Å². The van der Waals surface area contributed by atoms with Crippen molar-refractivity contribution in [2.45, 2.75) is 64.1 Å². The quantitative estimate of drug-likeness (QED) is 0.539. The number of hydrogen-bond donors (Lipinski definition) is 0. The molecule has 1 rings (SSSR count). The van der Waals surface area contributed by atoms with Crippen molar-refractivity contribution in [3.8, 4) is 0 Å². The lowest BCUT2D eigenvalue weighted by atomic mass is 10.1. The highest BCUT2D eigenvalue weighted by molar-refractivity contribution is 6.58. The maximum atomic E-state index is 2.74.